The van der Waals surface area contributed by atoms with Gasteiger partial charge in [0.25, 0.3) is 0 Å². The van der Waals surface area contributed by atoms with Gasteiger partial charge in [0.2, 0.25) is 6.10 Å². The van der Waals surface area contributed by atoms with Crippen LogP contribution in [0.2, 0.25) is 0 Å². The van der Waals surface area contributed by atoms with Crippen LogP contribution in [0.5, 0.6) is 0 Å². The van der Waals surface area contributed by atoms with E-state index in [2.05, 4.69) is 4.74 Å². The van der Waals surface area contributed by atoms with Crippen LogP contribution in [0.4, 0.5) is 4.79 Å². The predicted octanol–water partition coefficient (Wildman–Crippen LogP) is -0.387. The number of carboxylic acid groups (broad SMARTS) is 3. The quantitative estimate of drug-likeness (QED) is 0.317. The van der Waals surface area contributed by atoms with Crippen molar-refractivity contribution in [2.45, 2.75) is 44.2 Å². The van der Waals surface area contributed by atoms with Crippen molar-refractivity contribution in [3.8, 4) is 0 Å². The second kappa shape index (κ2) is 10.4. The standard InChI is InChI=1S/C12H20N2O8/c13-6-2-1-3-7(10(17)18)14-12(21)22-8(11(19)20)4-5-9(15)16/h7-8H,1-6,13H2,(H,14,21)(H,15,16)(H,17,18)(H,19,20)/t7-,8?/m0/s1. The van der Waals surface area contributed by atoms with E-state index in [0.717, 1.165) is 0 Å². The van der Waals surface area contributed by atoms with Gasteiger partial charge in [0.15, 0.2) is 0 Å². The van der Waals surface area contributed by atoms with Crippen molar-refractivity contribution in [1.82, 2.24) is 5.32 Å². The lowest BCUT2D eigenvalue weighted by Gasteiger charge is -2.17. The van der Waals surface area contributed by atoms with Crippen molar-refractivity contribution in [2.75, 3.05) is 6.54 Å². The number of nitrogens with one attached hydrogen (secondary N) is 1. The summed E-state index contributed by atoms with van der Waals surface area (Å²) in [7, 11) is 0. The molecular formula is C12H20N2O8. The topological polar surface area (TPSA) is 176 Å². The SMILES string of the molecule is NCCCC[C@H](NC(=O)OC(CCC(=O)O)C(=O)O)C(=O)O. The molecule has 0 aliphatic carbocycles. The second-order valence-corrected chi connectivity index (χ2v) is 4.48. The highest BCUT2D eigenvalue weighted by Crippen LogP contribution is 2.06. The molecule has 10 nitrogen and oxygen atoms in total. The molecule has 0 aliphatic rings. The number of carboxylic acids is 3. The summed E-state index contributed by atoms with van der Waals surface area (Å²) in [6, 6.07) is -1.23. The molecule has 0 heterocycles. The molecule has 0 bridgehead atoms. The molecule has 0 fully saturated rings. The molecule has 1 unspecified atom stereocenters. The number of hydrogen-bond acceptors (Lipinski definition) is 6. The Bertz CT molecular complexity index is 412. The molecule has 0 aromatic rings. The van der Waals surface area contributed by atoms with Crippen LogP contribution in [0.1, 0.15) is 32.1 Å². The van der Waals surface area contributed by atoms with Gasteiger partial charge in [0, 0.05) is 12.8 Å². The fourth-order valence-electron chi connectivity index (χ4n) is 1.54. The smallest absolute Gasteiger partial charge is 0.408 e. The normalized spacial score (nSPS) is 13.0. The maximum atomic E-state index is 11.5. The molecule has 6 N–H and O–H groups in total. The van der Waals surface area contributed by atoms with Crippen molar-refractivity contribution >= 4 is 24.0 Å². The summed E-state index contributed by atoms with van der Waals surface area (Å²) >= 11 is 0. The molecule has 126 valence electrons. The Morgan fingerprint density at radius 1 is 1.00 bits per heavy atom. The van der Waals surface area contributed by atoms with E-state index in [4.69, 9.17) is 21.1 Å². The van der Waals surface area contributed by atoms with Gasteiger partial charge in [-0.1, -0.05) is 0 Å². The Labute approximate surface area is 126 Å². The first-order valence-corrected chi connectivity index (χ1v) is 6.62. The zero-order valence-corrected chi connectivity index (χ0v) is 11.9. The molecular weight excluding hydrogens is 300 g/mol. The number of aliphatic carboxylic acids is 3. The molecule has 0 spiro atoms. The molecule has 22 heavy (non-hydrogen) atoms. The molecule has 0 saturated heterocycles. The van der Waals surface area contributed by atoms with Crippen LogP contribution in [0.15, 0.2) is 0 Å². The number of amides is 1. The van der Waals surface area contributed by atoms with Gasteiger partial charge in [-0.15, -0.1) is 0 Å². The summed E-state index contributed by atoms with van der Waals surface area (Å²) in [4.78, 5) is 43.7. The van der Waals surface area contributed by atoms with E-state index in [0.29, 0.717) is 19.4 Å². The van der Waals surface area contributed by atoms with E-state index < -0.39 is 49.0 Å². The van der Waals surface area contributed by atoms with Gasteiger partial charge in [-0.05, 0) is 25.8 Å². The third-order valence-corrected chi connectivity index (χ3v) is 2.68. The fraction of sp³-hybridized carbons (Fsp3) is 0.667. The molecule has 0 rings (SSSR count). The second-order valence-electron chi connectivity index (χ2n) is 4.48. The van der Waals surface area contributed by atoms with E-state index in [1.54, 1.807) is 0 Å². The van der Waals surface area contributed by atoms with Crippen LogP contribution < -0.4 is 11.1 Å². The Balaban J connectivity index is 4.47. The monoisotopic (exact) mass is 320 g/mol. The zero-order valence-electron chi connectivity index (χ0n) is 11.9. The maximum absolute atomic E-state index is 11.5. The van der Waals surface area contributed by atoms with Gasteiger partial charge in [-0.2, -0.15) is 0 Å². The number of nitrogens with two attached hydrogens (primary N) is 1. The average molecular weight is 320 g/mol. The molecule has 2 atom stereocenters. The highest BCUT2D eigenvalue weighted by atomic mass is 16.6. The van der Waals surface area contributed by atoms with Crippen molar-refractivity contribution < 1.29 is 39.2 Å². The molecule has 1 amide bonds. The lowest BCUT2D eigenvalue weighted by atomic mass is 10.1. The van der Waals surface area contributed by atoms with Crippen molar-refractivity contribution in [2.24, 2.45) is 5.73 Å². The lowest BCUT2D eigenvalue weighted by molar-refractivity contribution is -0.148. The fourth-order valence-corrected chi connectivity index (χ4v) is 1.54. The largest absolute Gasteiger partial charge is 0.481 e. The first-order valence-electron chi connectivity index (χ1n) is 6.62. The van der Waals surface area contributed by atoms with Crippen LogP contribution in [-0.2, 0) is 19.1 Å². The van der Waals surface area contributed by atoms with E-state index in [1.807, 2.05) is 5.32 Å². The van der Waals surface area contributed by atoms with Crippen molar-refractivity contribution in [3.63, 3.8) is 0 Å². The number of unbranched alkanes of at least 4 members (excludes halogenated alkanes) is 1. The van der Waals surface area contributed by atoms with Crippen molar-refractivity contribution in [1.29, 1.82) is 0 Å². The third kappa shape index (κ3) is 8.74. The first kappa shape index (κ1) is 19.6. The van der Waals surface area contributed by atoms with Gasteiger partial charge in [0.05, 0.1) is 0 Å². The Kier molecular flexibility index (Phi) is 9.27. The van der Waals surface area contributed by atoms with E-state index in [1.165, 1.54) is 0 Å². The summed E-state index contributed by atoms with van der Waals surface area (Å²) < 4.78 is 4.55. The Hall–Kier alpha value is -2.36. The third-order valence-electron chi connectivity index (χ3n) is 2.68. The number of hydrogen-bond donors (Lipinski definition) is 5. The van der Waals surface area contributed by atoms with Crippen LogP contribution in [-0.4, -0.2) is 58.0 Å². The van der Waals surface area contributed by atoms with Crippen LogP contribution in [0.25, 0.3) is 0 Å². The molecule has 0 saturated carbocycles. The van der Waals surface area contributed by atoms with E-state index in [-0.39, 0.29) is 6.42 Å². The van der Waals surface area contributed by atoms with Gasteiger partial charge < -0.3 is 31.1 Å². The van der Waals surface area contributed by atoms with Gasteiger partial charge in [0.1, 0.15) is 6.04 Å². The molecule has 10 heteroatoms. The Morgan fingerprint density at radius 3 is 2.09 bits per heavy atom. The maximum Gasteiger partial charge on any atom is 0.408 e. The van der Waals surface area contributed by atoms with Gasteiger partial charge in [-0.25, -0.2) is 14.4 Å². The summed E-state index contributed by atoms with van der Waals surface area (Å²) in [5, 5.41) is 28.3. The summed E-state index contributed by atoms with van der Waals surface area (Å²) in [5.74, 6) is -4.03. The minimum absolute atomic E-state index is 0.120. The van der Waals surface area contributed by atoms with Crippen molar-refractivity contribution in [3.05, 3.63) is 0 Å². The zero-order chi connectivity index (χ0) is 17.1. The average Bonchev–Trinajstić information content (AvgIpc) is 2.41. The van der Waals surface area contributed by atoms with Crippen LogP contribution >= 0.6 is 0 Å². The number of carbonyl (C=O) groups is 4. The summed E-state index contributed by atoms with van der Waals surface area (Å²) in [6.45, 7) is 0.382. The lowest BCUT2D eigenvalue weighted by Crippen LogP contribution is -2.43. The summed E-state index contributed by atoms with van der Waals surface area (Å²) in [5.41, 5.74) is 5.28. The number of ether oxygens (including phenoxy) is 1. The Morgan fingerprint density at radius 2 is 1.64 bits per heavy atom. The predicted molar refractivity (Wildman–Crippen MR) is 72.2 cm³/mol. The minimum Gasteiger partial charge on any atom is -0.481 e. The number of alkyl carbamates (subject to hydrolysis) is 1. The van der Waals surface area contributed by atoms with E-state index in [9.17, 15) is 19.2 Å². The summed E-state index contributed by atoms with van der Waals surface area (Å²) in [6.07, 6.45) is -2.63. The van der Waals surface area contributed by atoms with Gasteiger partial charge in [-0.3, -0.25) is 4.79 Å². The van der Waals surface area contributed by atoms with Crippen LogP contribution in [0, 0.1) is 0 Å². The highest BCUT2D eigenvalue weighted by Gasteiger charge is 2.26. The molecule has 0 radical (unpaired) electrons. The molecule has 0 aliphatic heterocycles. The van der Waals surface area contributed by atoms with E-state index >= 15 is 0 Å². The van der Waals surface area contributed by atoms with Crippen LogP contribution in [0.3, 0.4) is 0 Å². The van der Waals surface area contributed by atoms with Gasteiger partial charge >= 0.3 is 24.0 Å². The number of rotatable bonds is 11. The minimum atomic E-state index is -1.66. The highest BCUT2D eigenvalue weighted by molar-refractivity contribution is 5.82. The molecule has 0 aromatic carbocycles. The first-order chi connectivity index (χ1) is 10.3. The number of carbonyl (C=O) groups excluding carboxylic acids is 1. The molecule has 0 aromatic heterocycles.